The molecule has 16 heavy (non-hydrogen) atoms. The molecule has 1 heteroatoms. The van der Waals surface area contributed by atoms with Crippen LogP contribution in [0.2, 0.25) is 0 Å². The zero-order valence-corrected chi connectivity index (χ0v) is 10.8. The first kappa shape index (κ1) is 12.8. The van der Waals surface area contributed by atoms with Gasteiger partial charge in [0.1, 0.15) is 5.75 Å². The van der Waals surface area contributed by atoms with E-state index in [4.69, 9.17) is 4.74 Å². The van der Waals surface area contributed by atoms with E-state index in [0.717, 1.165) is 18.6 Å². The quantitative estimate of drug-likeness (QED) is 0.666. The molecule has 1 aromatic carbocycles. The minimum Gasteiger partial charge on any atom is -0.496 e. The highest BCUT2D eigenvalue weighted by molar-refractivity contribution is 5.43. The average Bonchev–Trinajstić information content (AvgIpc) is 2.28. The van der Waals surface area contributed by atoms with Crippen LogP contribution in [0.15, 0.2) is 24.8 Å². The molecular weight excluding hydrogens is 196 g/mol. The number of hydrogen-bond donors (Lipinski definition) is 0. The summed E-state index contributed by atoms with van der Waals surface area (Å²) < 4.78 is 5.33. The summed E-state index contributed by atoms with van der Waals surface area (Å²) >= 11 is 0. The fourth-order valence-electron chi connectivity index (χ4n) is 2.19. The zero-order chi connectivity index (χ0) is 12.1. The van der Waals surface area contributed by atoms with Gasteiger partial charge in [0.2, 0.25) is 0 Å². The van der Waals surface area contributed by atoms with Gasteiger partial charge >= 0.3 is 0 Å². The SMILES string of the molecule is C=CCC(CC)c1cc(C)c(OC)cc1C. The fraction of sp³-hybridized carbons (Fsp3) is 0.467. The van der Waals surface area contributed by atoms with Gasteiger partial charge in [0.05, 0.1) is 7.11 Å². The molecule has 0 fully saturated rings. The molecule has 0 aliphatic heterocycles. The Balaban J connectivity index is 3.12. The largest absolute Gasteiger partial charge is 0.496 e. The first-order valence-corrected chi connectivity index (χ1v) is 5.90. The summed E-state index contributed by atoms with van der Waals surface area (Å²) in [5.41, 5.74) is 3.96. The molecule has 0 saturated heterocycles. The topological polar surface area (TPSA) is 9.23 Å². The molecule has 0 bridgehead atoms. The van der Waals surface area contributed by atoms with Crippen molar-refractivity contribution < 1.29 is 4.74 Å². The van der Waals surface area contributed by atoms with Gasteiger partial charge in [0.15, 0.2) is 0 Å². The fourth-order valence-corrected chi connectivity index (χ4v) is 2.19. The summed E-state index contributed by atoms with van der Waals surface area (Å²) in [5.74, 6) is 1.57. The van der Waals surface area contributed by atoms with Crippen molar-refractivity contribution in [2.45, 2.75) is 39.5 Å². The van der Waals surface area contributed by atoms with E-state index in [1.807, 2.05) is 6.08 Å². The molecule has 1 aromatic rings. The zero-order valence-electron chi connectivity index (χ0n) is 10.8. The minimum atomic E-state index is 0.585. The number of benzene rings is 1. The third-order valence-corrected chi connectivity index (χ3v) is 3.17. The number of aryl methyl sites for hydroxylation is 2. The van der Waals surface area contributed by atoms with Gasteiger partial charge in [-0.15, -0.1) is 6.58 Å². The van der Waals surface area contributed by atoms with Crippen LogP contribution in [-0.4, -0.2) is 7.11 Å². The van der Waals surface area contributed by atoms with Gasteiger partial charge in [0.25, 0.3) is 0 Å². The summed E-state index contributed by atoms with van der Waals surface area (Å²) in [6, 6.07) is 4.39. The standard InChI is InChI=1S/C15H22O/c1-6-8-13(7-2)14-9-12(4)15(16-5)10-11(14)3/h6,9-10,13H,1,7-8H2,2-5H3. The van der Waals surface area contributed by atoms with Crippen molar-refractivity contribution in [3.05, 3.63) is 41.5 Å². The molecule has 88 valence electrons. The molecular formula is C15H22O. The van der Waals surface area contributed by atoms with E-state index in [2.05, 4.69) is 39.5 Å². The Morgan fingerprint density at radius 3 is 2.50 bits per heavy atom. The summed E-state index contributed by atoms with van der Waals surface area (Å²) in [4.78, 5) is 0. The van der Waals surface area contributed by atoms with Crippen LogP contribution in [0.4, 0.5) is 0 Å². The average molecular weight is 218 g/mol. The molecule has 0 aromatic heterocycles. The van der Waals surface area contributed by atoms with Crippen LogP contribution in [0.25, 0.3) is 0 Å². The predicted molar refractivity (Wildman–Crippen MR) is 70.3 cm³/mol. The molecule has 0 heterocycles. The molecule has 1 atom stereocenters. The highest BCUT2D eigenvalue weighted by Crippen LogP contribution is 2.31. The van der Waals surface area contributed by atoms with Crippen LogP contribution >= 0.6 is 0 Å². The summed E-state index contributed by atoms with van der Waals surface area (Å²) in [7, 11) is 1.72. The van der Waals surface area contributed by atoms with Crippen LogP contribution in [0.3, 0.4) is 0 Å². The molecule has 0 aliphatic carbocycles. The van der Waals surface area contributed by atoms with E-state index in [1.54, 1.807) is 7.11 Å². The molecule has 0 aliphatic rings. The summed E-state index contributed by atoms with van der Waals surface area (Å²) in [6.07, 6.45) is 4.20. The third-order valence-electron chi connectivity index (χ3n) is 3.17. The summed E-state index contributed by atoms with van der Waals surface area (Å²) in [5, 5.41) is 0. The van der Waals surface area contributed by atoms with E-state index >= 15 is 0 Å². The van der Waals surface area contributed by atoms with Crippen molar-refractivity contribution in [2.24, 2.45) is 0 Å². The second kappa shape index (κ2) is 5.74. The number of methoxy groups -OCH3 is 1. The Bertz CT molecular complexity index is 366. The van der Waals surface area contributed by atoms with Gasteiger partial charge in [-0.3, -0.25) is 0 Å². The molecule has 1 rings (SSSR count). The normalized spacial score (nSPS) is 12.2. The minimum absolute atomic E-state index is 0.585. The van der Waals surface area contributed by atoms with E-state index in [-0.39, 0.29) is 0 Å². The second-order valence-corrected chi connectivity index (χ2v) is 4.31. The number of allylic oxidation sites excluding steroid dienone is 1. The van der Waals surface area contributed by atoms with Crippen molar-refractivity contribution in [3.63, 3.8) is 0 Å². The monoisotopic (exact) mass is 218 g/mol. The Morgan fingerprint density at radius 2 is 2.00 bits per heavy atom. The lowest BCUT2D eigenvalue weighted by Crippen LogP contribution is -2.01. The van der Waals surface area contributed by atoms with Gasteiger partial charge in [-0.05, 0) is 55.4 Å². The van der Waals surface area contributed by atoms with Gasteiger partial charge in [-0.1, -0.05) is 19.1 Å². The van der Waals surface area contributed by atoms with Crippen molar-refractivity contribution in [3.8, 4) is 5.75 Å². The maximum Gasteiger partial charge on any atom is 0.122 e. The van der Waals surface area contributed by atoms with E-state index in [1.165, 1.54) is 16.7 Å². The first-order valence-electron chi connectivity index (χ1n) is 5.90. The molecule has 0 spiro atoms. The van der Waals surface area contributed by atoms with Gasteiger partial charge < -0.3 is 4.74 Å². The van der Waals surface area contributed by atoms with Crippen molar-refractivity contribution in [1.29, 1.82) is 0 Å². The smallest absolute Gasteiger partial charge is 0.122 e. The van der Waals surface area contributed by atoms with Crippen molar-refractivity contribution >= 4 is 0 Å². The molecule has 1 nitrogen and oxygen atoms in total. The molecule has 0 saturated carbocycles. The molecule has 0 amide bonds. The highest BCUT2D eigenvalue weighted by atomic mass is 16.5. The Labute approximate surface area is 99.1 Å². The maximum atomic E-state index is 5.33. The van der Waals surface area contributed by atoms with E-state index < -0.39 is 0 Å². The van der Waals surface area contributed by atoms with Crippen LogP contribution < -0.4 is 4.74 Å². The van der Waals surface area contributed by atoms with Gasteiger partial charge in [-0.25, -0.2) is 0 Å². The summed E-state index contributed by atoms with van der Waals surface area (Å²) in [6.45, 7) is 10.3. The van der Waals surface area contributed by atoms with E-state index in [9.17, 15) is 0 Å². The number of rotatable bonds is 5. The van der Waals surface area contributed by atoms with Crippen LogP contribution in [0, 0.1) is 13.8 Å². The molecule has 0 radical (unpaired) electrons. The van der Waals surface area contributed by atoms with E-state index in [0.29, 0.717) is 5.92 Å². The van der Waals surface area contributed by atoms with Crippen LogP contribution in [0.1, 0.15) is 42.4 Å². The maximum absolute atomic E-state index is 5.33. The molecule has 0 N–H and O–H groups in total. The third kappa shape index (κ3) is 2.66. The Kier molecular flexibility index (Phi) is 4.60. The number of hydrogen-bond acceptors (Lipinski definition) is 1. The van der Waals surface area contributed by atoms with Crippen molar-refractivity contribution in [2.75, 3.05) is 7.11 Å². The van der Waals surface area contributed by atoms with Crippen molar-refractivity contribution in [1.82, 2.24) is 0 Å². The second-order valence-electron chi connectivity index (χ2n) is 4.31. The lowest BCUT2D eigenvalue weighted by molar-refractivity contribution is 0.411. The highest BCUT2D eigenvalue weighted by Gasteiger charge is 2.12. The lowest BCUT2D eigenvalue weighted by atomic mass is 9.88. The van der Waals surface area contributed by atoms with Crippen LogP contribution in [0.5, 0.6) is 5.75 Å². The Hall–Kier alpha value is -1.24. The van der Waals surface area contributed by atoms with Crippen LogP contribution in [-0.2, 0) is 0 Å². The van der Waals surface area contributed by atoms with Gasteiger partial charge in [-0.2, -0.15) is 0 Å². The number of ether oxygens (including phenoxy) is 1. The predicted octanol–water partition coefficient (Wildman–Crippen LogP) is 4.38. The molecule has 1 unspecified atom stereocenters. The Morgan fingerprint density at radius 1 is 1.31 bits per heavy atom. The first-order chi connectivity index (χ1) is 7.63. The lowest BCUT2D eigenvalue weighted by Gasteiger charge is -2.18. The van der Waals surface area contributed by atoms with Gasteiger partial charge in [0, 0.05) is 0 Å².